The molecule has 18 heavy (non-hydrogen) atoms. The van der Waals surface area contributed by atoms with Crippen LogP contribution in [0.3, 0.4) is 0 Å². The van der Waals surface area contributed by atoms with Gasteiger partial charge in [0.25, 0.3) is 0 Å². The van der Waals surface area contributed by atoms with Crippen LogP contribution in [0.5, 0.6) is 0 Å². The van der Waals surface area contributed by atoms with Crippen LogP contribution in [-0.4, -0.2) is 55.1 Å². The van der Waals surface area contributed by atoms with Crippen molar-refractivity contribution in [1.29, 1.82) is 0 Å². The molecule has 0 amide bonds. The molecule has 0 spiro atoms. The summed E-state index contributed by atoms with van der Waals surface area (Å²) in [6.07, 6.45) is 3.43. The van der Waals surface area contributed by atoms with Crippen LogP contribution < -0.4 is 10.2 Å². The zero-order valence-electron chi connectivity index (χ0n) is 11.1. The predicted octanol–water partition coefficient (Wildman–Crippen LogP) is 1.19. The van der Waals surface area contributed by atoms with Gasteiger partial charge in [-0.2, -0.15) is 4.98 Å². The van der Waals surface area contributed by atoms with Crippen LogP contribution in [0.15, 0.2) is 6.20 Å². The Morgan fingerprint density at radius 2 is 2.28 bits per heavy atom. The number of halogens is 1. The molecule has 6 heteroatoms. The Labute approximate surface area is 107 Å². The third-order valence-electron chi connectivity index (χ3n) is 3.38. The van der Waals surface area contributed by atoms with Gasteiger partial charge in [-0.25, -0.2) is 9.37 Å². The lowest BCUT2D eigenvalue weighted by molar-refractivity contribution is 0.257. The Morgan fingerprint density at radius 1 is 1.50 bits per heavy atom. The molecule has 0 saturated carbocycles. The van der Waals surface area contributed by atoms with Crippen molar-refractivity contribution < 1.29 is 4.39 Å². The van der Waals surface area contributed by atoms with E-state index in [1.54, 1.807) is 7.05 Å². The average molecular weight is 253 g/mol. The van der Waals surface area contributed by atoms with E-state index in [1.807, 2.05) is 4.90 Å². The Bertz CT molecular complexity index is 409. The monoisotopic (exact) mass is 253 g/mol. The molecule has 1 fully saturated rings. The van der Waals surface area contributed by atoms with E-state index in [2.05, 4.69) is 34.3 Å². The molecule has 5 nitrogen and oxygen atoms in total. The molecule has 0 aromatic carbocycles. The molecule has 2 rings (SSSR count). The Kier molecular flexibility index (Phi) is 3.96. The molecule has 1 N–H and O–H groups in total. The summed E-state index contributed by atoms with van der Waals surface area (Å²) in [5, 5.41) is 2.84. The van der Waals surface area contributed by atoms with Crippen LogP contribution in [0.1, 0.15) is 12.8 Å². The summed E-state index contributed by atoms with van der Waals surface area (Å²) in [7, 11) is 5.85. The molecule has 1 aliphatic heterocycles. The van der Waals surface area contributed by atoms with Gasteiger partial charge in [0.1, 0.15) is 0 Å². The van der Waals surface area contributed by atoms with Gasteiger partial charge in [0.2, 0.25) is 5.95 Å². The second kappa shape index (κ2) is 5.48. The number of hydrogen-bond donors (Lipinski definition) is 1. The number of nitrogens with one attached hydrogen (secondary N) is 1. The SMILES string of the molecule is CNc1ncc(F)c(N2CCCC(N(C)C)C2)n1. The number of nitrogens with zero attached hydrogens (tertiary/aromatic N) is 4. The van der Waals surface area contributed by atoms with E-state index in [1.165, 1.54) is 6.20 Å². The predicted molar refractivity (Wildman–Crippen MR) is 70.5 cm³/mol. The summed E-state index contributed by atoms with van der Waals surface area (Å²) < 4.78 is 13.8. The second-order valence-corrected chi connectivity index (χ2v) is 4.82. The molecular weight excluding hydrogens is 233 g/mol. The van der Waals surface area contributed by atoms with Crippen LogP contribution in [0.2, 0.25) is 0 Å². The van der Waals surface area contributed by atoms with Crippen molar-refractivity contribution in [3.8, 4) is 0 Å². The highest BCUT2D eigenvalue weighted by Crippen LogP contribution is 2.23. The summed E-state index contributed by atoms with van der Waals surface area (Å²) >= 11 is 0. The molecule has 1 unspecified atom stereocenters. The highest BCUT2D eigenvalue weighted by molar-refractivity contribution is 5.44. The van der Waals surface area contributed by atoms with Crippen molar-refractivity contribution in [1.82, 2.24) is 14.9 Å². The van der Waals surface area contributed by atoms with Crippen molar-refractivity contribution >= 4 is 11.8 Å². The summed E-state index contributed by atoms with van der Waals surface area (Å²) in [6.45, 7) is 1.66. The molecule has 2 heterocycles. The van der Waals surface area contributed by atoms with Crippen LogP contribution in [-0.2, 0) is 0 Å². The lowest BCUT2D eigenvalue weighted by Crippen LogP contribution is -2.45. The van der Waals surface area contributed by atoms with Crippen molar-refractivity contribution in [3.63, 3.8) is 0 Å². The van der Waals surface area contributed by atoms with Crippen LogP contribution in [0.25, 0.3) is 0 Å². The summed E-state index contributed by atoms with van der Waals surface area (Å²) in [5.74, 6) is 0.507. The smallest absolute Gasteiger partial charge is 0.224 e. The standard InChI is InChI=1S/C12H20FN5/c1-14-12-15-7-10(13)11(16-12)18-6-4-5-9(8-18)17(2)3/h7,9H,4-6,8H2,1-3H3,(H,14,15,16). The van der Waals surface area contributed by atoms with Crippen LogP contribution >= 0.6 is 0 Å². The second-order valence-electron chi connectivity index (χ2n) is 4.82. The number of likely N-dealkylation sites (N-methyl/N-ethyl adjacent to an activating group) is 1. The number of anilines is 2. The third-order valence-corrected chi connectivity index (χ3v) is 3.38. The van der Waals surface area contributed by atoms with Crippen molar-refractivity contribution in [3.05, 3.63) is 12.0 Å². The maximum atomic E-state index is 13.8. The number of aromatic nitrogens is 2. The summed E-state index contributed by atoms with van der Waals surface area (Å²) in [5.41, 5.74) is 0. The lowest BCUT2D eigenvalue weighted by atomic mass is 10.1. The molecule has 1 aromatic heterocycles. The van der Waals surface area contributed by atoms with E-state index in [0.29, 0.717) is 17.8 Å². The molecule has 0 radical (unpaired) electrons. The topological polar surface area (TPSA) is 44.3 Å². The molecule has 1 aromatic rings. The van der Waals surface area contributed by atoms with Crippen LogP contribution in [0.4, 0.5) is 16.2 Å². The van der Waals surface area contributed by atoms with Gasteiger partial charge in [-0.15, -0.1) is 0 Å². The van der Waals surface area contributed by atoms with Crippen molar-refractivity contribution in [2.24, 2.45) is 0 Å². The number of piperidine rings is 1. The van der Waals surface area contributed by atoms with E-state index in [9.17, 15) is 4.39 Å². The van der Waals surface area contributed by atoms with E-state index >= 15 is 0 Å². The number of rotatable bonds is 3. The minimum absolute atomic E-state index is 0.353. The summed E-state index contributed by atoms with van der Waals surface area (Å²) in [6, 6.07) is 0.450. The maximum Gasteiger partial charge on any atom is 0.224 e. The van der Waals surface area contributed by atoms with Crippen molar-refractivity contribution in [2.45, 2.75) is 18.9 Å². The van der Waals surface area contributed by atoms with Crippen molar-refractivity contribution in [2.75, 3.05) is 44.4 Å². The first-order chi connectivity index (χ1) is 8.61. The van der Waals surface area contributed by atoms with E-state index < -0.39 is 0 Å². The fraction of sp³-hybridized carbons (Fsp3) is 0.667. The quantitative estimate of drug-likeness (QED) is 0.876. The first-order valence-corrected chi connectivity index (χ1v) is 6.23. The van der Waals surface area contributed by atoms with Gasteiger partial charge in [0.05, 0.1) is 6.20 Å². The van der Waals surface area contributed by atoms with E-state index in [0.717, 1.165) is 25.9 Å². The normalized spacial score (nSPS) is 20.3. The Hall–Kier alpha value is -1.43. The molecule has 0 bridgehead atoms. The fourth-order valence-electron chi connectivity index (χ4n) is 2.27. The van der Waals surface area contributed by atoms with Gasteiger partial charge >= 0.3 is 0 Å². The molecular formula is C12H20FN5. The van der Waals surface area contributed by atoms with Gasteiger partial charge in [-0.05, 0) is 26.9 Å². The number of hydrogen-bond acceptors (Lipinski definition) is 5. The van der Waals surface area contributed by atoms with Crippen LogP contribution in [0, 0.1) is 5.82 Å². The molecule has 1 aliphatic rings. The highest BCUT2D eigenvalue weighted by atomic mass is 19.1. The lowest BCUT2D eigenvalue weighted by Gasteiger charge is -2.36. The van der Waals surface area contributed by atoms with Gasteiger partial charge < -0.3 is 15.1 Å². The third kappa shape index (κ3) is 2.69. The summed E-state index contributed by atoms with van der Waals surface area (Å²) in [4.78, 5) is 12.3. The first kappa shape index (κ1) is 13.0. The highest BCUT2D eigenvalue weighted by Gasteiger charge is 2.24. The molecule has 0 aliphatic carbocycles. The molecule has 1 saturated heterocycles. The van der Waals surface area contributed by atoms with E-state index in [-0.39, 0.29) is 5.82 Å². The zero-order chi connectivity index (χ0) is 13.1. The first-order valence-electron chi connectivity index (χ1n) is 6.23. The Morgan fingerprint density at radius 3 is 2.94 bits per heavy atom. The maximum absolute atomic E-state index is 13.8. The van der Waals surface area contributed by atoms with Gasteiger partial charge in [-0.3, -0.25) is 0 Å². The molecule has 1 atom stereocenters. The van der Waals surface area contributed by atoms with Gasteiger partial charge in [0, 0.05) is 26.2 Å². The largest absolute Gasteiger partial charge is 0.357 e. The minimum atomic E-state index is -0.353. The zero-order valence-corrected chi connectivity index (χ0v) is 11.1. The van der Waals surface area contributed by atoms with Gasteiger partial charge in [-0.1, -0.05) is 0 Å². The Balaban J connectivity index is 2.19. The van der Waals surface area contributed by atoms with Gasteiger partial charge in [0.15, 0.2) is 11.6 Å². The fourth-order valence-corrected chi connectivity index (χ4v) is 2.27. The minimum Gasteiger partial charge on any atom is -0.357 e. The van der Waals surface area contributed by atoms with E-state index in [4.69, 9.17) is 0 Å². The molecule has 100 valence electrons. The average Bonchev–Trinajstić information content (AvgIpc) is 2.39.